The molecule has 2 aromatic rings. The van der Waals surface area contributed by atoms with Crippen LogP contribution in [-0.4, -0.2) is 102 Å². The average molecular weight is 533 g/mol. The van der Waals surface area contributed by atoms with Gasteiger partial charge in [0, 0.05) is 45.8 Å². The van der Waals surface area contributed by atoms with Crippen molar-refractivity contribution in [2.24, 2.45) is 5.92 Å². The zero-order chi connectivity index (χ0) is 27.0. The van der Waals surface area contributed by atoms with Gasteiger partial charge in [-0.25, -0.2) is 4.79 Å². The molecule has 9 nitrogen and oxygen atoms in total. The quantitative estimate of drug-likeness (QED) is 0.436. The van der Waals surface area contributed by atoms with Crippen LogP contribution in [-0.2, 0) is 23.2 Å². The first kappa shape index (κ1) is 29.1. The molecule has 3 rings (SSSR count). The number of aliphatic hydroxyl groups excluding tert-OH is 1. The number of piperazine rings is 1. The van der Waals surface area contributed by atoms with Crippen LogP contribution in [0.25, 0.3) is 0 Å². The molecule has 0 unspecified atom stereocenters. The highest BCUT2D eigenvalue weighted by Gasteiger charge is 2.37. The van der Waals surface area contributed by atoms with E-state index in [1.54, 1.807) is 0 Å². The molecule has 1 aliphatic heterocycles. The zero-order valence-electron chi connectivity index (χ0n) is 22.0. The molecule has 0 spiro atoms. The van der Waals surface area contributed by atoms with E-state index in [9.17, 15) is 23.4 Å². The maximum atomic E-state index is 13.6. The SMILES string of the molecule is CC(C)CN(C[C@@H](O)[C@H](Cc1ccccc1)N(Cc1ccccc1)C(=O)O)S(=O)(=O)N1CCN(C)CC1. The third-order valence-electron chi connectivity index (χ3n) is 6.65. The van der Waals surface area contributed by atoms with Crippen molar-refractivity contribution in [2.45, 2.75) is 39.0 Å². The molecule has 1 aliphatic rings. The molecule has 0 aromatic heterocycles. The van der Waals surface area contributed by atoms with Gasteiger partial charge in [-0.2, -0.15) is 17.0 Å². The Bertz CT molecular complexity index is 1080. The average Bonchev–Trinajstić information content (AvgIpc) is 2.86. The number of aliphatic hydroxyl groups is 1. The molecule has 37 heavy (non-hydrogen) atoms. The standard InChI is InChI=1S/C27H40N4O5S/c1-22(2)19-30(37(35,36)29-16-14-28(3)15-17-29)21-26(32)25(18-23-10-6-4-7-11-23)31(27(33)34)20-24-12-8-5-9-13-24/h4-13,22,25-26,32H,14-21H2,1-3H3,(H,33,34)/t25-,26+/m0/s1. The molecule has 1 amide bonds. The number of carbonyl (C=O) groups is 1. The molecule has 2 aromatic carbocycles. The van der Waals surface area contributed by atoms with Gasteiger partial charge in [0.05, 0.1) is 12.1 Å². The summed E-state index contributed by atoms with van der Waals surface area (Å²) in [6, 6.07) is 17.7. The van der Waals surface area contributed by atoms with E-state index in [0.29, 0.717) is 26.2 Å². The van der Waals surface area contributed by atoms with E-state index in [2.05, 4.69) is 4.90 Å². The Hall–Kier alpha value is -2.50. The fourth-order valence-corrected chi connectivity index (χ4v) is 6.38. The Morgan fingerprint density at radius 2 is 1.46 bits per heavy atom. The Balaban J connectivity index is 1.90. The maximum Gasteiger partial charge on any atom is 0.407 e. The minimum Gasteiger partial charge on any atom is -0.465 e. The number of amides is 1. The van der Waals surface area contributed by atoms with Crippen molar-refractivity contribution in [3.05, 3.63) is 71.8 Å². The number of likely N-dealkylation sites (N-methyl/N-ethyl adjacent to an activating group) is 1. The molecular formula is C27H40N4O5S. The predicted octanol–water partition coefficient (Wildman–Crippen LogP) is 2.59. The second-order valence-electron chi connectivity index (χ2n) is 10.1. The molecule has 2 N–H and O–H groups in total. The van der Waals surface area contributed by atoms with E-state index < -0.39 is 28.4 Å². The van der Waals surface area contributed by atoms with Crippen LogP contribution < -0.4 is 0 Å². The van der Waals surface area contributed by atoms with Gasteiger partial charge in [-0.1, -0.05) is 74.5 Å². The first-order valence-electron chi connectivity index (χ1n) is 12.8. The van der Waals surface area contributed by atoms with Crippen LogP contribution in [0.15, 0.2) is 60.7 Å². The first-order chi connectivity index (χ1) is 17.6. The van der Waals surface area contributed by atoms with E-state index in [-0.39, 0.29) is 32.0 Å². The minimum absolute atomic E-state index is 0.0295. The van der Waals surface area contributed by atoms with Crippen LogP contribution in [0.5, 0.6) is 0 Å². The molecule has 0 aliphatic carbocycles. The Kier molecular flexibility index (Phi) is 10.5. The number of nitrogens with zero attached hydrogens (tertiary/aromatic N) is 4. The molecule has 1 fully saturated rings. The third kappa shape index (κ3) is 8.24. The summed E-state index contributed by atoms with van der Waals surface area (Å²) >= 11 is 0. The number of hydrogen-bond donors (Lipinski definition) is 2. The second kappa shape index (κ2) is 13.3. The van der Waals surface area contributed by atoms with Gasteiger partial charge < -0.3 is 15.1 Å². The van der Waals surface area contributed by atoms with E-state index in [1.807, 2.05) is 81.6 Å². The van der Waals surface area contributed by atoms with Gasteiger partial charge in [0.25, 0.3) is 10.2 Å². The van der Waals surface area contributed by atoms with Gasteiger partial charge >= 0.3 is 6.09 Å². The van der Waals surface area contributed by atoms with Gasteiger partial charge in [0.2, 0.25) is 0 Å². The highest BCUT2D eigenvalue weighted by Crippen LogP contribution is 2.21. The van der Waals surface area contributed by atoms with E-state index in [0.717, 1.165) is 11.1 Å². The fraction of sp³-hybridized carbons (Fsp3) is 0.519. The Labute approximate surface area is 221 Å². The van der Waals surface area contributed by atoms with Crippen molar-refractivity contribution in [3.63, 3.8) is 0 Å². The highest BCUT2D eigenvalue weighted by molar-refractivity contribution is 7.86. The smallest absolute Gasteiger partial charge is 0.407 e. The molecular weight excluding hydrogens is 492 g/mol. The summed E-state index contributed by atoms with van der Waals surface area (Å²) in [5.41, 5.74) is 1.66. The second-order valence-corrected chi connectivity index (χ2v) is 12.1. The summed E-state index contributed by atoms with van der Waals surface area (Å²) in [6.45, 7) is 6.02. The van der Waals surface area contributed by atoms with Gasteiger partial charge in [0.15, 0.2) is 0 Å². The number of hydrogen-bond acceptors (Lipinski definition) is 5. The van der Waals surface area contributed by atoms with Gasteiger partial charge in [-0.05, 0) is 30.5 Å². The monoisotopic (exact) mass is 532 g/mol. The van der Waals surface area contributed by atoms with Crippen LogP contribution in [0.1, 0.15) is 25.0 Å². The van der Waals surface area contributed by atoms with Crippen molar-refractivity contribution in [3.8, 4) is 0 Å². The molecule has 0 radical (unpaired) electrons. The van der Waals surface area contributed by atoms with Gasteiger partial charge in [0.1, 0.15) is 0 Å². The summed E-state index contributed by atoms with van der Waals surface area (Å²) in [6.07, 6.45) is -2.15. The molecule has 10 heteroatoms. The predicted molar refractivity (Wildman–Crippen MR) is 144 cm³/mol. The van der Waals surface area contributed by atoms with E-state index in [4.69, 9.17) is 0 Å². The van der Waals surface area contributed by atoms with Gasteiger partial charge in [-0.3, -0.25) is 4.90 Å². The lowest BCUT2D eigenvalue weighted by atomic mass is 9.98. The normalized spacial score (nSPS) is 17.1. The van der Waals surface area contributed by atoms with Crippen LogP contribution in [0.2, 0.25) is 0 Å². The largest absolute Gasteiger partial charge is 0.465 e. The number of benzene rings is 2. The summed E-state index contributed by atoms with van der Waals surface area (Å²) in [7, 11) is -1.88. The fourth-order valence-electron chi connectivity index (χ4n) is 4.60. The van der Waals surface area contributed by atoms with Crippen molar-refractivity contribution in [1.82, 2.24) is 18.4 Å². The molecule has 1 saturated heterocycles. The van der Waals surface area contributed by atoms with Crippen LogP contribution in [0.3, 0.4) is 0 Å². The molecule has 0 bridgehead atoms. The Morgan fingerprint density at radius 1 is 0.919 bits per heavy atom. The van der Waals surface area contributed by atoms with Crippen LogP contribution in [0.4, 0.5) is 4.79 Å². The number of rotatable bonds is 12. The van der Waals surface area contributed by atoms with Crippen molar-refractivity contribution in [2.75, 3.05) is 46.3 Å². The molecule has 0 saturated carbocycles. The van der Waals surface area contributed by atoms with Crippen LogP contribution >= 0.6 is 0 Å². The molecule has 1 heterocycles. The highest BCUT2D eigenvalue weighted by atomic mass is 32.2. The van der Waals surface area contributed by atoms with Crippen molar-refractivity contribution >= 4 is 16.3 Å². The summed E-state index contributed by atoms with van der Waals surface area (Å²) < 4.78 is 30.1. The van der Waals surface area contributed by atoms with Crippen molar-refractivity contribution < 1.29 is 23.4 Å². The maximum absolute atomic E-state index is 13.6. The topological polar surface area (TPSA) is 105 Å². The van der Waals surface area contributed by atoms with E-state index >= 15 is 0 Å². The first-order valence-corrected chi connectivity index (χ1v) is 14.2. The minimum atomic E-state index is -3.83. The Morgan fingerprint density at radius 3 is 1.97 bits per heavy atom. The molecule has 2 atom stereocenters. The molecule has 204 valence electrons. The lowest BCUT2D eigenvalue weighted by Crippen LogP contribution is -2.56. The zero-order valence-corrected chi connectivity index (χ0v) is 22.8. The van der Waals surface area contributed by atoms with Crippen molar-refractivity contribution in [1.29, 1.82) is 0 Å². The summed E-state index contributed by atoms with van der Waals surface area (Å²) in [5, 5.41) is 21.7. The third-order valence-corrected chi connectivity index (χ3v) is 8.62. The number of carboxylic acid groups (broad SMARTS) is 1. The lowest BCUT2D eigenvalue weighted by Gasteiger charge is -2.39. The van der Waals surface area contributed by atoms with Crippen LogP contribution in [0, 0.1) is 5.92 Å². The lowest BCUT2D eigenvalue weighted by molar-refractivity contribution is 0.0326. The summed E-state index contributed by atoms with van der Waals surface area (Å²) in [5.74, 6) is 0.0295. The van der Waals surface area contributed by atoms with E-state index in [1.165, 1.54) is 13.5 Å². The van der Waals surface area contributed by atoms with Gasteiger partial charge in [-0.15, -0.1) is 0 Å². The summed E-state index contributed by atoms with van der Waals surface area (Å²) in [4.78, 5) is 15.8.